The molecule has 1 aromatic heterocycles. The average molecular weight is 294 g/mol. The number of benzene rings is 1. The van der Waals surface area contributed by atoms with Crippen LogP contribution in [0.1, 0.15) is 11.4 Å². The fourth-order valence-electron chi connectivity index (χ4n) is 1.52. The number of hydrazone groups is 1. The molecule has 0 saturated heterocycles. The predicted molar refractivity (Wildman–Crippen MR) is 80.3 cm³/mol. The number of nitrogens with one attached hydrogen (secondary N) is 1. The molecule has 19 heavy (non-hydrogen) atoms. The van der Waals surface area contributed by atoms with E-state index in [-0.39, 0.29) is 5.11 Å². The van der Waals surface area contributed by atoms with E-state index in [2.05, 4.69) is 27.7 Å². The maximum Gasteiger partial charge on any atom is 0.184 e. The number of aromatic nitrogens is 2. The van der Waals surface area contributed by atoms with Crippen LogP contribution in [0.25, 0.3) is 0 Å². The molecule has 0 atom stereocenters. The van der Waals surface area contributed by atoms with Crippen molar-refractivity contribution in [2.24, 2.45) is 10.8 Å². The molecule has 0 spiro atoms. The van der Waals surface area contributed by atoms with Crippen LogP contribution >= 0.6 is 23.8 Å². The Balaban J connectivity index is 2.09. The zero-order valence-electron chi connectivity index (χ0n) is 9.95. The molecule has 0 fully saturated rings. The Kier molecular flexibility index (Phi) is 4.48. The second-order valence-corrected chi connectivity index (χ2v) is 4.65. The van der Waals surface area contributed by atoms with E-state index in [1.54, 1.807) is 12.4 Å². The highest BCUT2D eigenvalue weighted by Gasteiger charge is 2.01. The molecule has 2 rings (SSSR count). The molecule has 5 nitrogen and oxygen atoms in total. The van der Waals surface area contributed by atoms with Gasteiger partial charge in [0.15, 0.2) is 10.9 Å². The number of hydrogen-bond donors (Lipinski definition) is 2. The molecule has 0 aliphatic rings. The van der Waals surface area contributed by atoms with E-state index in [1.807, 2.05) is 35.0 Å². The monoisotopic (exact) mass is 293 g/mol. The minimum atomic E-state index is 0.118. The van der Waals surface area contributed by atoms with Crippen LogP contribution in [0.15, 0.2) is 41.8 Å². The van der Waals surface area contributed by atoms with E-state index in [0.29, 0.717) is 12.4 Å². The lowest BCUT2D eigenvalue weighted by Crippen LogP contribution is -2.24. The quantitative estimate of drug-likeness (QED) is 0.512. The molecule has 1 heterocycles. The molecular formula is C12H12ClN5S. The smallest absolute Gasteiger partial charge is 0.184 e. The Morgan fingerprint density at radius 1 is 1.47 bits per heavy atom. The Hall–Kier alpha value is -1.92. The van der Waals surface area contributed by atoms with Crippen molar-refractivity contribution in [3.8, 4) is 0 Å². The minimum absolute atomic E-state index is 0.118. The van der Waals surface area contributed by atoms with Crippen LogP contribution in [0.2, 0.25) is 5.02 Å². The highest BCUT2D eigenvalue weighted by Crippen LogP contribution is 2.11. The topological polar surface area (TPSA) is 68.2 Å². The summed E-state index contributed by atoms with van der Waals surface area (Å²) in [5.41, 5.74) is 8.89. The van der Waals surface area contributed by atoms with Crippen molar-refractivity contribution in [3.05, 3.63) is 53.1 Å². The molecule has 1 aromatic carbocycles. The standard InChI is InChI=1S/C12H12ClN5S/c13-10-3-1-9(2-4-10)8-18-6-5-15-11(18)7-16-17-12(14)19/h1-7H,8H2,(H3,14,17,19)/b16-7+. The Labute approximate surface area is 121 Å². The molecule has 0 radical (unpaired) electrons. The third-order valence-electron chi connectivity index (χ3n) is 2.37. The second-order valence-electron chi connectivity index (χ2n) is 3.77. The third-order valence-corrected chi connectivity index (χ3v) is 2.71. The summed E-state index contributed by atoms with van der Waals surface area (Å²) in [5.74, 6) is 0.707. The van der Waals surface area contributed by atoms with Gasteiger partial charge in [0.1, 0.15) is 0 Å². The number of halogens is 1. The van der Waals surface area contributed by atoms with Gasteiger partial charge in [0.05, 0.1) is 6.21 Å². The molecule has 0 aliphatic carbocycles. The van der Waals surface area contributed by atoms with Gasteiger partial charge in [-0.3, -0.25) is 5.43 Å². The maximum atomic E-state index is 5.85. The summed E-state index contributed by atoms with van der Waals surface area (Å²) in [6.45, 7) is 0.686. The number of rotatable bonds is 4. The molecule has 7 heteroatoms. The lowest BCUT2D eigenvalue weighted by Gasteiger charge is -2.05. The van der Waals surface area contributed by atoms with E-state index in [4.69, 9.17) is 17.3 Å². The number of hydrogen-bond acceptors (Lipinski definition) is 3. The van der Waals surface area contributed by atoms with Crippen molar-refractivity contribution in [1.29, 1.82) is 0 Å². The number of thiocarbonyl (C=S) groups is 1. The van der Waals surface area contributed by atoms with Gasteiger partial charge in [-0.05, 0) is 29.9 Å². The summed E-state index contributed by atoms with van der Waals surface area (Å²) in [7, 11) is 0. The van der Waals surface area contributed by atoms with Gasteiger partial charge in [0, 0.05) is 24.0 Å². The van der Waals surface area contributed by atoms with Gasteiger partial charge in [-0.1, -0.05) is 23.7 Å². The van der Waals surface area contributed by atoms with Crippen molar-refractivity contribution in [2.75, 3.05) is 0 Å². The summed E-state index contributed by atoms with van der Waals surface area (Å²) < 4.78 is 1.95. The molecule has 98 valence electrons. The SMILES string of the molecule is NC(=S)N/N=C/c1nccn1Cc1ccc(Cl)cc1. The fourth-order valence-corrected chi connectivity index (χ4v) is 1.70. The zero-order valence-corrected chi connectivity index (χ0v) is 11.5. The molecule has 3 N–H and O–H groups in total. The normalized spacial score (nSPS) is 10.8. The van der Waals surface area contributed by atoms with Crippen LogP contribution in [0, 0.1) is 0 Å². The van der Waals surface area contributed by atoms with Crippen LogP contribution in [0.5, 0.6) is 0 Å². The van der Waals surface area contributed by atoms with Crippen LogP contribution < -0.4 is 11.2 Å². The zero-order chi connectivity index (χ0) is 13.7. The molecule has 0 unspecified atom stereocenters. The van der Waals surface area contributed by atoms with Gasteiger partial charge >= 0.3 is 0 Å². The summed E-state index contributed by atoms with van der Waals surface area (Å²) in [5, 5.41) is 4.72. The maximum absolute atomic E-state index is 5.85. The largest absolute Gasteiger partial charge is 0.375 e. The van der Waals surface area contributed by atoms with E-state index >= 15 is 0 Å². The summed E-state index contributed by atoms with van der Waals surface area (Å²) in [6, 6.07) is 7.65. The van der Waals surface area contributed by atoms with E-state index in [9.17, 15) is 0 Å². The van der Waals surface area contributed by atoms with Crippen LogP contribution in [0.3, 0.4) is 0 Å². The van der Waals surface area contributed by atoms with Crippen molar-refractivity contribution < 1.29 is 0 Å². The second kappa shape index (κ2) is 6.31. The highest BCUT2D eigenvalue weighted by atomic mass is 35.5. The van der Waals surface area contributed by atoms with Gasteiger partial charge in [0.25, 0.3) is 0 Å². The van der Waals surface area contributed by atoms with Crippen molar-refractivity contribution in [3.63, 3.8) is 0 Å². The number of nitrogens with zero attached hydrogens (tertiary/aromatic N) is 3. The first-order valence-corrected chi connectivity index (χ1v) is 6.28. The highest BCUT2D eigenvalue weighted by molar-refractivity contribution is 7.80. The number of imidazole rings is 1. The first-order valence-electron chi connectivity index (χ1n) is 5.49. The first-order chi connectivity index (χ1) is 9.15. The van der Waals surface area contributed by atoms with Crippen LogP contribution in [0.4, 0.5) is 0 Å². The minimum Gasteiger partial charge on any atom is -0.375 e. The van der Waals surface area contributed by atoms with Gasteiger partial charge in [-0.2, -0.15) is 5.10 Å². The third kappa shape index (κ3) is 4.04. The van der Waals surface area contributed by atoms with Gasteiger partial charge in [-0.15, -0.1) is 0 Å². The van der Waals surface area contributed by atoms with E-state index in [0.717, 1.165) is 10.6 Å². The van der Waals surface area contributed by atoms with Gasteiger partial charge < -0.3 is 10.3 Å². The van der Waals surface area contributed by atoms with E-state index < -0.39 is 0 Å². The first kappa shape index (κ1) is 13.5. The van der Waals surface area contributed by atoms with Crippen molar-refractivity contribution >= 4 is 35.1 Å². The Morgan fingerprint density at radius 3 is 2.89 bits per heavy atom. The fraction of sp³-hybridized carbons (Fsp3) is 0.0833. The van der Waals surface area contributed by atoms with Crippen LogP contribution in [-0.2, 0) is 6.54 Å². The van der Waals surface area contributed by atoms with Gasteiger partial charge in [-0.25, -0.2) is 4.98 Å². The molecule has 2 aromatic rings. The summed E-state index contributed by atoms with van der Waals surface area (Å²) in [6.07, 6.45) is 5.14. The lowest BCUT2D eigenvalue weighted by molar-refractivity contribution is 0.788. The lowest BCUT2D eigenvalue weighted by atomic mass is 10.2. The van der Waals surface area contributed by atoms with Crippen molar-refractivity contribution in [1.82, 2.24) is 15.0 Å². The summed E-state index contributed by atoms with van der Waals surface area (Å²) in [4.78, 5) is 4.19. The molecule has 0 amide bonds. The molecule has 0 bridgehead atoms. The molecule has 0 saturated carbocycles. The molecule has 0 aliphatic heterocycles. The van der Waals surface area contributed by atoms with Crippen molar-refractivity contribution in [2.45, 2.75) is 6.54 Å². The summed E-state index contributed by atoms with van der Waals surface area (Å²) >= 11 is 10.5. The Morgan fingerprint density at radius 2 is 2.21 bits per heavy atom. The average Bonchev–Trinajstić information content (AvgIpc) is 2.79. The predicted octanol–water partition coefficient (Wildman–Crippen LogP) is 1.75. The number of nitrogens with two attached hydrogens (primary N) is 1. The molecular weight excluding hydrogens is 282 g/mol. The van der Waals surface area contributed by atoms with Crippen LogP contribution in [-0.4, -0.2) is 20.9 Å². The Bertz CT molecular complexity index is 590. The van der Waals surface area contributed by atoms with Gasteiger partial charge in [0.2, 0.25) is 0 Å². The van der Waals surface area contributed by atoms with E-state index in [1.165, 1.54) is 0 Å².